The molecule has 74 valence electrons. The third-order valence-corrected chi connectivity index (χ3v) is 3.37. The molecule has 1 saturated heterocycles. The van der Waals surface area contributed by atoms with E-state index in [1.54, 1.807) is 0 Å². The Morgan fingerprint density at radius 3 is 2.69 bits per heavy atom. The van der Waals surface area contributed by atoms with Crippen LogP contribution in [-0.4, -0.2) is 30.3 Å². The first-order valence-electron chi connectivity index (χ1n) is 4.94. The van der Waals surface area contributed by atoms with Gasteiger partial charge in [-0.3, -0.25) is 0 Å². The van der Waals surface area contributed by atoms with Crippen molar-refractivity contribution in [3.8, 4) is 0 Å². The summed E-state index contributed by atoms with van der Waals surface area (Å²) in [6.07, 6.45) is 0.0223. The normalized spacial score (nSPS) is 38.1. The van der Waals surface area contributed by atoms with Crippen molar-refractivity contribution in [1.29, 1.82) is 0 Å². The summed E-state index contributed by atoms with van der Waals surface area (Å²) in [5.74, 6) is 2.07. The maximum Gasteiger partial charge on any atom is 0.404 e. The van der Waals surface area contributed by atoms with Crippen LogP contribution in [0.5, 0.6) is 0 Å². The highest BCUT2D eigenvalue weighted by atomic mass is 16.4. The van der Waals surface area contributed by atoms with E-state index in [0.717, 1.165) is 31.3 Å². The lowest BCUT2D eigenvalue weighted by molar-refractivity contribution is 0.186. The summed E-state index contributed by atoms with van der Waals surface area (Å²) >= 11 is 0. The van der Waals surface area contributed by atoms with Gasteiger partial charge in [-0.2, -0.15) is 0 Å². The molecule has 2 fully saturated rings. The second-order valence-electron chi connectivity index (χ2n) is 4.03. The third kappa shape index (κ3) is 1.50. The van der Waals surface area contributed by atoms with Gasteiger partial charge in [0.05, 0.1) is 0 Å². The molecule has 3 atom stereocenters. The van der Waals surface area contributed by atoms with E-state index in [4.69, 9.17) is 5.11 Å². The van der Waals surface area contributed by atoms with Crippen LogP contribution in [0.15, 0.2) is 0 Å². The molecule has 1 saturated carbocycles. The van der Waals surface area contributed by atoms with Crippen molar-refractivity contribution >= 4 is 6.09 Å². The van der Waals surface area contributed by atoms with Crippen LogP contribution >= 0.6 is 0 Å². The minimum absolute atomic E-state index is 0.176. The molecule has 2 unspecified atom stereocenters. The molecule has 0 aromatic rings. The highest BCUT2D eigenvalue weighted by molar-refractivity contribution is 5.65. The molecular weight excluding hydrogens is 168 g/mol. The Hall–Kier alpha value is -0.770. The van der Waals surface area contributed by atoms with E-state index in [-0.39, 0.29) is 6.04 Å². The zero-order valence-corrected chi connectivity index (χ0v) is 7.79. The number of fused-ring (bicyclic) bond motifs is 1. The lowest BCUT2D eigenvalue weighted by Gasteiger charge is -2.16. The summed E-state index contributed by atoms with van der Waals surface area (Å²) in [7, 11) is 0. The molecule has 13 heavy (non-hydrogen) atoms. The van der Waals surface area contributed by atoms with Gasteiger partial charge in [0, 0.05) is 6.04 Å². The molecular formula is C9H16N2O2. The molecule has 1 amide bonds. The number of hydrogen-bond donors (Lipinski definition) is 3. The predicted octanol–water partition coefficient (Wildman–Crippen LogP) is 0.498. The number of piperidine rings is 1. The molecule has 0 aromatic heterocycles. The van der Waals surface area contributed by atoms with Gasteiger partial charge in [0.15, 0.2) is 0 Å². The molecule has 4 heteroatoms. The minimum Gasteiger partial charge on any atom is -0.465 e. The van der Waals surface area contributed by atoms with Gasteiger partial charge in [0.25, 0.3) is 0 Å². The van der Waals surface area contributed by atoms with Crippen molar-refractivity contribution in [3.63, 3.8) is 0 Å². The fourth-order valence-corrected chi connectivity index (χ4v) is 2.69. The lowest BCUT2D eigenvalue weighted by atomic mass is 10.1. The summed E-state index contributed by atoms with van der Waals surface area (Å²) in [6.45, 7) is 4.20. The second-order valence-corrected chi connectivity index (χ2v) is 4.03. The van der Waals surface area contributed by atoms with Crippen molar-refractivity contribution in [2.75, 3.05) is 13.1 Å². The van der Waals surface area contributed by atoms with Crippen molar-refractivity contribution in [2.24, 2.45) is 17.8 Å². The van der Waals surface area contributed by atoms with Gasteiger partial charge in [-0.25, -0.2) is 4.79 Å². The topological polar surface area (TPSA) is 61.4 Å². The molecule has 1 heterocycles. The largest absolute Gasteiger partial charge is 0.465 e. The number of carbonyl (C=O) groups is 1. The van der Waals surface area contributed by atoms with E-state index in [1.165, 1.54) is 0 Å². The number of carboxylic acid groups (broad SMARTS) is 1. The molecule has 2 aliphatic rings. The smallest absolute Gasteiger partial charge is 0.404 e. The van der Waals surface area contributed by atoms with Crippen LogP contribution < -0.4 is 10.6 Å². The second kappa shape index (κ2) is 3.18. The quantitative estimate of drug-likeness (QED) is 0.598. The highest BCUT2D eigenvalue weighted by Crippen LogP contribution is 2.51. The Bertz CT molecular complexity index is 210. The Labute approximate surface area is 77.7 Å². The van der Waals surface area contributed by atoms with Crippen LogP contribution in [0.4, 0.5) is 4.79 Å². The standard InChI is InChI=1S/C9H16N2O2/c1-2-7(11-9(12)13)8-5-3-10-4-6(5)8/h5-8,10-11H,2-4H2,1H3,(H,12,13)/t5?,6?,7-,8?/m0/s1. The predicted molar refractivity (Wildman–Crippen MR) is 48.6 cm³/mol. The van der Waals surface area contributed by atoms with Crippen LogP contribution in [0.3, 0.4) is 0 Å². The maximum atomic E-state index is 10.5. The van der Waals surface area contributed by atoms with E-state index in [2.05, 4.69) is 10.6 Å². The van der Waals surface area contributed by atoms with Crippen molar-refractivity contribution in [3.05, 3.63) is 0 Å². The van der Waals surface area contributed by atoms with E-state index < -0.39 is 6.09 Å². The third-order valence-electron chi connectivity index (χ3n) is 3.37. The molecule has 1 aliphatic carbocycles. The average molecular weight is 184 g/mol. The van der Waals surface area contributed by atoms with Gasteiger partial charge in [0.1, 0.15) is 0 Å². The van der Waals surface area contributed by atoms with Gasteiger partial charge in [-0.15, -0.1) is 0 Å². The number of rotatable bonds is 3. The maximum absolute atomic E-state index is 10.5. The Morgan fingerprint density at radius 1 is 1.62 bits per heavy atom. The number of amides is 1. The van der Waals surface area contributed by atoms with Crippen molar-refractivity contribution < 1.29 is 9.90 Å². The zero-order chi connectivity index (χ0) is 9.42. The van der Waals surface area contributed by atoms with Crippen LogP contribution in [0, 0.1) is 17.8 Å². The zero-order valence-electron chi connectivity index (χ0n) is 7.79. The lowest BCUT2D eigenvalue weighted by Crippen LogP contribution is -2.37. The van der Waals surface area contributed by atoms with Gasteiger partial charge < -0.3 is 15.7 Å². The van der Waals surface area contributed by atoms with E-state index in [1.807, 2.05) is 6.92 Å². The molecule has 4 nitrogen and oxygen atoms in total. The molecule has 3 N–H and O–H groups in total. The molecule has 0 radical (unpaired) electrons. The van der Waals surface area contributed by atoms with Gasteiger partial charge >= 0.3 is 6.09 Å². The highest BCUT2D eigenvalue weighted by Gasteiger charge is 2.55. The molecule has 0 spiro atoms. The first kappa shape index (κ1) is 8.81. The minimum atomic E-state index is -0.884. The van der Waals surface area contributed by atoms with Crippen LogP contribution in [0.2, 0.25) is 0 Å². The van der Waals surface area contributed by atoms with Crippen molar-refractivity contribution in [1.82, 2.24) is 10.6 Å². The first-order chi connectivity index (χ1) is 6.24. The summed E-state index contributed by atoms with van der Waals surface area (Å²) in [4.78, 5) is 10.5. The Morgan fingerprint density at radius 2 is 2.23 bits per heavy atom. The summed E-state index contributed by atoms with van der Waals surface area (Å²) < 4.78 is 0. The van der Waals surface area contributed by atoms with Crippen LogP contribution in [-0.2, 0) is 0 Å². The van der Waals surface area contributed by atoms with Crippen LogP contribution in [0.1, 0.15) is 13.3 Å². The van der Waals surface area contributed by atoms with Crippen LogP contribution in [0.25, 0.3) is 0 Å². The molecule has 0 bridgehead atoms. The first-order valence-corrected chi connectivity index (χ1v) is 4.94. The van der Waals surface area contributed by atoms with Gasteiger partial charge in [-0.05, 0) is 37.3 Å². The monoisotopic (exact) mass is 184 g/mol. The van der Waals surface area contributed by atoms with E-state index in [9.17, 15) is 4.79 Å². The molecule has 1 aliphatic heterocycles. The fourth-order valence-electron chi connectivity index (χ4n) is 2.69. The summed E-state index contributed by atoms with van der Waals surface area (Å²) in [5, 5.41) is 14.5. The number of nitrogens with one attached hydrogen (secondary N) is 2. The SMILES string of the molecule is CC[C@H](NC(=O)O)C1C2CNCC21. The molecule has 0 aromatic carbocycles. The summed E-state index contributed by atoms with van der Waals surface area (Å²) in [5.41, 5.74) is 0. The Balaban J connectivity index is 1.88. The van der Waals surface area contributed by atoms with Gasteiger partial charge in [-0.1, -0.05) is 6.92 Å². The Kier molecular flexibility index (Phi) is 2.15. The van der Waals surface area contributed by atoms with E-state index >= 15 is 0 Å². The van der Waals surface area contributed by atoms with E-state index in [0.29, 0.717) is 5.92 Å². The summed E-state index contributed by atoms with van der Waals surface area (Å²) in [6, 6.07) is 0.176. The number of hydrogen-bond acceptors (Lipinski definition) is 2. The average Bonchev–Trinajstić information content (AvgIpc) is 2.58. The van der Waals surface area contributed by atoms with Gasteiger partial charge in [0.2, 0.25) is 0 Å². The van der Waals surface area contributed by atoms with Crippen molar-refractivity contribution in [2.45, 2.75) is 19.4 Å². The molecule has 2 rings (SSSR count). The fraction of sp³-hybridized carbons (Fsp3) is 0.889.